The van der Waals surface area contributed by atoms with Crippen LogP contribution in [0.1, 0.15) is 25.3 Å². The molecule has 1 N–H and O–H groups in total. The molecule has 102 valence electrons. The van der Waals surface area contributed by atoms with Gasteiger partial charge in [0.25, 0.3) is 0 Å². The van der Waals surface area contributed by atoms with E-state index in [0.717, 1.165) is 12.0 Å². The van der Waals surface area contributed by atoms with Gasteiger partial charge in [0, 0.05) is 24.2 Å². The molecular weight excluding hydrogens is 244 g/mol. The van der Waals surface area contributed by atoms with E-state index in [0.29, 0.717) is 30.0 Å². The van der Waals surface area contributed by atoms with Gasteiger partial charge in [-0.2, -0.15) is 0 Å². The Morgan fingerprint density at radius 3 is 2.74 bits per heavy atom. The second-order valence-corrected chi connectivity index (χ2v) is 5.85. The Balaban J connectivity index is 1.58. The van der Waals surface area contributed by atoms with Crippen LogP contribution in [0.2, 0.25) is 0 Å². The van der Waals surface area contributed by atoms with Gasteiger partial charge in [0.05, 0.1) is 0 Å². The van der Waals surface area contributed by atoms with Gasteiger partial charge in [0.2, 0.25) is 0 Å². The molecule has 2 aliphatic carbocycles. The molecule has 0 radical (unpaired) electrons. The smallest absolute Gasteiger partial charge is 0.130 e. The number of nitrogens with one attached hydrogen (secondary N) is 1. The monoisotopic (exact) mass is 263 g/mol. The van der Waals surface area contributed by atoms with Crippen molar-refractivity contribution in [2.24, 2.45) is 17.8 Å². The number of hydrogen-bond acceptors (Lipinski definition) is 1. The lowest BCUT2D eigenvalue weighted by Crippen LogP contribution is -2.35. The zero-order valence-corrected chi connectivity index (χ0v) is 11.1. The number of allylic oxidation sites excluding steroid dienone is 2. The summed E-state index contributed by atoms with van der Waals surface area (Å²) in [5, 5.41) is 3.39. The van der Waals surface area contributed by atoms with Crippen molar-refractivity contribution in [3.63, 3.8) is 0 Å². The largest absolute Gasteiger partial charge is 0.310 e. The summed E-state index contributed by atoms with van der Waals surface area (Å²) in [6, 6.07) is 4.14. The quantitative estimate of drug-likeness (QED) is 0.818. The van der Waals surface area contributed by atoms with Gasteiger partial charge in [-0.15, -0.1) is 0 Å². The summed E-state index contributed by atoms with van der Waals surface area (Å²) in [6.07, 6.45) is 7.17. The van der Waals surface area contributed by atoms with Gasteiger partial charge in [-0.3, -0.25) is 0 Å². The van der Waals surface area contributed by atoms with E-state index in [1.807, 2.05) is 0 Å². The van der Waals surface area contributed by atoms with Crippen LogP contribution in [-0.2, 0) is 6.54 Å². The van der Waals surface area contributed by atoms with Gasteiger partial charge in [0.15, 0.2) is 0 Å². The average Bonchev–Trinajstić information content (AvgIpc) is 2.99. The third-order valence-corrected chi connectivity index (χ3v) is 4.60. The lowest BCUT2D eigenvalue weighted by molar-refractivity contribution is 0.325. The van der Waals surface area contributed by atoms with Crippen molar-refractivity contribution in [2.75, 3.05) is 0 Å². The Morgan fingerprint density at radius 2 is 2.11 bits per heavy atom. The van der Waals surface area contributed by atoms with Crippen molar-refractivity contribution in [2.45, 2.75) is 32.4 Å². The van der Waals surface area contributed by atoms with Crippen molar-refractivity contribution in [1.82, 2.24) is 5.32 Å². The van der Waals surface area contributed by atoms with E-state index in [9.17, 15) is 8.78 Å². The predicted molar refractivity (Wildman–Crippen MR) is 71.5 cm³/mol. The second-order valence-electron chi connectivity index (χ2n) is 5.85. The number of fused-ring (bicyclic) bond motifs is 2. The molecular formula is C16H19F2N. The van der Waals surface area contributed by atoms with Crippen LogP contribution in [0, 0.1) is 29.4 Å². The average molecular weight is 263 g/mol. The molecule has 0 aromatic heterocycles. The summed E-state index contributed by atoms with van der Waals surface area (Å²) in [4.78, 5) is 0. The molecule has 3 rings (SSSR count). The summed E-state index contributed by atoms with van der Waals surface area (Å²) in [7, 11) is 0. The Morgan fingerprint density at radius 1 is 1.26 bits per heavy atom. The van der Waals surface area contributed by atoms with E-state index in [-0.39, 0.29) is 0 Å². The van der Waals surface area contributed by atoms with E-state index >= 15 is 0 Å². The third kappa shape index (κ3) is 2.57. The molecule has 1 fully saturated rings. The van der Waals surface area contributed by atoms with Gasteiger partial charge in [-0.1, -0.05) is 18.2 Å². The molecule has 4 unspecified atom stereocenters. The fraction of sp³-hybridized carbons (Fsp3) is 0.500. The number of hydrogen-bond donors (Lipinski definition) is 1. The highest BCUT2D eigenvalue weighted by molar-refractivity contribution is 5.18. The summed E-state index contributed by atoms with van der Waals surface area (Å²) in [6.45, 7) is 2.63. The van der Waals surface area contributed by atoms with Gasteiger partial charge < -0.3 is 5.32 Å². The van der Waals surface area contributed by atoms with Gasteiger partial charge in [0.1, 0.15) is 11.6 Å². The summed E-state index contributed by atoms with van der Waals surface area (Å²) < 4.78 is 26.4. The van der Waals surface area contributed by atoms with Crippen LogP contribution in [0.15, 0.2) is 30.4 Å². The van der Waals surface area contributed by atoms with Crippen molar-refractivity contribution in [3.8, 4) is 0 Å². The minimum Gasteiger partial charge on any atom is -0.310 e. The van der Waals surface area contributed by atoms with Crippen LogP contribution in [0.5, 0.6) is 0 Å². The van der Waals surface area contributed by atoms with Crippen molar-refractivity contribution >= 4 is 0 Å². The molecule has 1 aromatic carbocycles. The highest BCUT2D eigenvalue weighted by Crippen LogP contribution is 2.44. The van der Waals surface area contributed by atoms with E-state index in [1.54, 1.807) is 0 Å². The molecule has 0 saturated heterocycles. The van der Waals surface area contributed by atoms with Crippen LogP contribution in [0.3, 0.4) is 0 Å². The third-order valence-electron chi connectivity index (χ3n) is 4.60. The maximum absolute atomic E-state index is 13.5. The van der Waals surface area contributed by atoms with E-state index < -0.39 is 11.6 Å². The minimum atomic E-state index is -0.521. The molecule has 0 spiro atoms. The first-order chi connectivity index (χ1) is 9.13. The van der Waals surface area contributed by atoms with E-state index in [1.165, 1.54) is 25.0 Å². The number of rotatable bonds is 4. The van der Waals surface area contributed by atoms with Crippen LogP contribution in [0.4, 0.5) is 8.78 Å². The Kier molecular flexibility index (Phi) is 3.40. The first kappa shape index (κ1) is 12.8. The minimum absolute atomic E-state index is 0.365. The molecule has 3 heteroatoms. The zero-order chi connectivity index (χ0) is 13.4. The Labute approximate surface area is 112 Å². The fourth-order valence-electron chi connectivity index (χ4n) is 3.49. The predicted octanol–water partition coefficient (Wildman–Crippen LogP) is 3.66. The van der Waals surface area contributed by atoms with Gasteiger partial charge in [-0.05, 0) is 43.6 Å². The zero-order valence-electron chi connectivity index (χ0n) is 11.1. The molecule has 2 aliphatic rings. The Hall–Kier alpha value is -1.22. The first-order valence-electron chi connectivity index (χ1n) is 6.99. The van der Waals surface area contributed by atoms with Crippen LogP contribution >= 0.6 is 0 Å². The maximum Gasteiger partial charge on any atom is 0.130 e. The first-order valence-corrected chi connectivity index (χ1v) is 6.99. The Bertz CT molecular complexity index is 498. The number of halogens is 2. The summed E-state index contributed by atoms with van der Waals surface area (Å²) in [5.41, 5.74) is 0.534. The lowest BCUT2D eigenvalue weighted by atomic mass is 9.87. The molecule has 19 heavy (non-hydrogen) atoms. The fourth-order valence-corrected chi connectivity index (χ4v) is 3.49. The lowest BCUT2D eigenvalue weighted by Gasteiger charge is -2.26. The molecule has 4 atom stereocenters. The van der Waals surface area contributed by atoms with E-state index in [4.69, 9.17) is 0 Å². The molecule has 1 nitrogen and oxygen atoms in total. The highest BCUT2D eigenvalue weighted by atomic mass is 19.1. The van der Waals surface area contributed by atoms with Crippen LogP contribution in [-0.4, -0.2) is 6.04 Å². The van der Waals surface area contributed by atoms with Gasteiger partial charge in [-0.25, -0.2) is 8.78 Å². The van der Waals surface area contributed by atoms with Crippen molar-refractivity contribution < 1.29 is 8.78 Å². The van der Waals surface area contributed by atoms with E-state index in [2.05, 4.69) is 24.4 Å². The van der Waals surface area contributed by atoms with Crippen molar-refractivity contribution in [1.29, 1.82) is 0 Å². The highest BCUT2D eigenvalue weighted by Gasteiger charge is 2.38. The maximum atomic E-state index is 13.5. The normalized spacial score (nSPS) is 29.9. The summed E-state index contributed by atoms with van der Waals surface area (Å²) in [5.74, 6) is 1.10. The van der Waals surface area contributed by atoms with Crippen LogP contribution in [0.25, 0.3) is 0 Å². The molecule has 2 bridgehead atoms. The molecule has 0 amide bonds. The molecule has 0 aliphatic heterocycles. The number of benzene rings is 1. The standard InChI is InChI=1S/C16H19F2N/c1-10(15-7-11-2-3-12(15)6-11)19-9-13-4-5-14(17)8-16(13)18/h2-5,8,10-12,15,19H,6-7,9H2,1H3. The second kappa shape index (κ2) is 5.04. The molecule has 1 saturated carbocycles. The molecule has 1 aromatic rings. The topological polar surface area (TPSA) is 12.0 Å². The molecule has 0 heterocycles. The van der Waals surface area contributed by atoms with Crippen molar-refractivity contribution in [3.05, 3.63) is 47.5 Å². The SMILES string of the molecule is CC(NCc1ccc(F)cc1F)C1CC2C=CC1C2. The summed E-state index contributed by atoms with van der Waals surface area (Å²) >= 11 is 0. The van der Waals surface area contributed by atoms with Crippen LogP contribution < -0.4 is 5.32 Å². The van der Waals surface area contributed by atoms with Gasteiger partial charge >= 0.3 is 0 Å².